The Morgan fingerprint density at radius 2 is 2.11 bits per heavy atom. The number of halogens is 1. The van der Waals surface area contributed by atoms with Crippen molar-refractivity contribution in [1.82, 2.24) is 4.90 Å². The molecule has 1 heterocycles. The monoisotopic (exact) mass is 264 g/mol. The Morgan fingerprint density at radius 3 is 2.83 bits per heavy atom. The molecule has 0 amide bonds. The molecule has 98 valence electrons. The smallest absolute Gasteiger partial charge is 0.0637 e. The minimum absolute atomic E-state index is 0.542. The van der Waals surface area contributed by atoms with Crippen LogP contribution in [-0.4, -0.2) is 29.6 Å². The van der Waals surface area contributed by atoms with Gasteiger partial charge < -0.3 is 5.32 Å². The maximum Gasteiger partial charge on any atom is 0.0637 e. The summed E-state index contributed by atoms with van der Waals surface area (Å²) < 4.78 is 0. The number of benzene rings is 1. The molecule has 1 aromatic carbocycles. The van der Waals surface area contributed by atoms with Gasteiger partial charge in [0.15, 0.2) is 0 Å². The van der Waals surface area contributed by atoms with E-state index in [4.69, 9.17) is 11.6 Å². The number of nitrogens with one attached hydrogen (secondary N) is 1. The van der Waals surface area contributed by atoms with E-state index in [2.05, 4.69) is 36.2 Å². The second-order valence-corrected chi connectivity index (χ2v) is 6.24. The number of anilines is 1. The van der Waals surface area contributed by atoms with Gasteiger partial charge in [0, 0.05) is 24.7 Å². The molecule has 1 N–H and O–H groups in total. The lowest BCUT2D eigenvalue weighted by Gasteiger charge is -2.20. The molecule has 2 unspecified atom stereocenters. The fourth-order valence-corrected chi connectivity index (χ4v) is 3.22. The fourth-order valence-electron chi connectivity index (χ4n) is 3.05. The van der Waals surface area contributed by atoms with Crippen molar-refractivity contribution in [2.75, 3.05) is 11.9 Å². The average Bonchev–Trinajstić information content (AvgIpc) is 3.09. The number of aryl methyl sites for hydroxylation is 1. The molecule has 1 saturated heterocycles. The molecule has 0 aromatic heterocycles. The molecule has 1 saturated carbocycles. The minimum atomic E-state index is 0.542. The van der Waals surface area contributed by atoms with Crippen LogP contribution in [-0.2, 0) is 0 Å². The molecule has 2 nitrogen and oxygen atoms in total. The van der Waals surface area contributed by atoms with Crippen LogP contribution in [0, 0.1) is 6.92 Å². The van der Waals surface area contributed by atoms with E-state index in [0.717, 1.165) is 23.3 Å². The number of nitrogens with zero attached hydrogens (tertiary/aromatic N) is 1. The normalized spacial score (nSPS) is 28.6. The van der Waals surface area contributed by atoms with Crippen molar-refractivity contribution in [2.24, 2.45) is 0 Å². The van der Waals surface area contributed by atoms with Gasteiger partial charge in [0.2, 0.25) is 0 Å². The van der Waals surface area contributed by atoms with Crippen molar-refractivity contribution in [3.8, 4) is 0 Å². The molecular formula is C15H21ClN2. The first kappa shape index (κ1) is 12.3. The van der Waals surface area contributed by atoms with Gasteiger partial charge in [0.1, 0.15) is 0 Å². The van der Waals surface area contributed by atoms with E-state index in [9.17, 15) is 0 Å². The Balaban J connectivity index is 1.68. The Labute approximate surface area is 114 Å². The zero-order chi connectivity index (χ0) is 12.7. The number of hydrogen-bond donors (Lipinski definition) is 1. The Bertz CT molecular complexity index is 442. The van der Waals surface area contributed by atoms with E-state index >= 15 is 0 Å². The van der Waals surface area contributed by atoms with E-state index in [1.165, 1.54) is 24.8 Å². The predicted molar refractivity (Wildman–Crippen MR) is 77.4 cm³/mol. The lowest BCUT2D eigenvalue weighted by atomic mass is 10.1. The van der Waals surface area contributed by atoms with Gasteiger partial charge in [0.25, 0.3) is 0 Å². The highest BCUT2D eigenvalue weighted by molar-refractivity contribution is 6.33. The van der Waals surface area contributed by atoms with Gasteiger partial charge in [0.05, 0.1) is 10.7 Å². The summed E-state index contributed by atoms with van der Waals surface area (Å²) in [5.74, 6) is 0. The number of hydrogen-bond acceptors (Lipinski definition) is 2. The molecular weight excluding hydrogens is 244 g/mol. The maximum absolute atomic E-state index is 6.25. The quantitative estimate of drug-likeness (QED) is 0.896. The largest absolute Gasteiger partial charge is 0.380 e. The third-order valence-electron chi connectivity index (χ3n) is 4.12. The van der Waals surface area contributed by atoms with Gasteiger partial charge in [-0.1, -0.05) is 17.7 Å². The Kier molecular flexibility index (Phi) is 3.25. The molecule has 2 fully saturated rings. The molecule has 1 aliphatic carbocycles. The third-order valence-corrected chi connectivity index (χ3v) is 4.45. The lowest BCUT2D eigenvalue weighted by molar-refractivity contribution is 0.257. The van der Waals surface area contributed by atoms with E-state index in [1.54, 1.807) is 0 Å². The summed E-state index contributed by atoms with van der Waals surface area (Å²) in [6.45, 7) is 5.61. The van der Waals surface area contributed by atoms with Crippen molar-refractivity contribution in [2.45, 2.75) is 51.2 Å². The van der Waals surface area contributed by atoms with Crippen LogP contribution >= 0.6 is 11.6 Å². The Hall–Kier alpha value is -0.730. The highest BCUT2D eigenvalue weighted by Crippen LogP contribution is 2.34. The lowest BCUT2D eigenvalue weighted by Crippen LogP contribution is -2.31. The van der Waals surface area contributed by atoms with Crippen LogP contribution in [0.25, 0.3) is 0 Å². The first-order valence-corrected chi connectivity index (χ1v) is 7.29. The minimum Gasteiger partial charge on any atom is -0.380 e. The van der Waals surface area contributed by atoms with Gasteiger partial charge in [-0.3, -0.25) is 4.90 Å². The standard InChI is InChI=1S/C15H21ClN2/c1-10-3-6-14(16)15(7-10)17-12-8-11(2)18(9-12)13-4-5-13/h3,6-7,11-13,17H,4-5,8-9H2,1-2H3. The van der Waals surface area contributed by atoms with Crippen LogP contribution in [0.15, 0.2) is 18.2 Å². The van der Waals surface area contributed by atoms with Crippen molar-refractivity contribution in [1.29, 1.82) is 0 Å². The molecule has 3 heteroatoms. The van der Waals surface area contributed by atoms with Crippen LogP contribution in [0.2, 0.25) is 5.02 Å². The van der Waals surface area contributed by atoms with Crippen molar-refractivity contribution >= 4 is 17.3 Å². The summed E-state index contributed by atoms with van der Waals surface area (Å²) in [4.78, 5) is 2.65. The summed E-state index contributed by atoms with van der Waals surface area (Å²) in [5.41, 5.74) is 2.35. The molecule has 0 radical (unpaired) electrons. The molecule has 1 aromatic rings. The molecule has 0 bridgehead atoms. The first-order valence-electron chi connectivity index (χ1n) is 6.92. The third kappa shape index (κ3) is 2.50. The van der Waals surface area contributed by atoms with Crippen LogP contribution in [0.3, 0.4) is 0 Å². The predicted octanol–water partition coefficient (Wildman–Crippen LogP) is 3.69. The van der Waals surface area contributed by atoms with Crippen molar-refractivity contribution in [3.63, 3.8) is 0 Å². The van der Waals surface area contributed by atoms with E-state index in [1.807, 2.05) is 6.07 Å². The fraction of sp³-hybridized carbons (Fsp3) is 0.600. The summed E-state index contributed by atoms with van der Waals surface area (Å²) >= 11 is 6.25. The van der Waals surface area contributed by atoms with Gasteiger partial charge in [-0.15, -0.1) is 0 Å². The molecule has 18 heavy (non-hydrogen) atoms. The molecule has 0 spiro atoms. The van der Waals surface area contributed by atoms with Crippen LogP contribution in [0.1, 0.15) is 31.7 Å². The average molecular weight is 265 g/mol. The summed E-state index contributed by atoms with van der Waals surface area (Å²) in [7, 11) is 0. The van der Waals surface area contributed by atoms with Crippen LogP contribution in [0.5, 0.6) is 0 Å². The highest BCUT2D eigenvalue weighted by atomic mass is 35.5. The van der Waals surface area contributed by atoms with Gasteiger partial charge >= 0.3 is 0 Å². The molecule has 1 aliphatic heterocycles. The van der Waals surface area contributed by atoms with Crippen molar-refractivity contribution < 1.29 is 0 Å². The summed E-state index contributed by atoms with van der Waals surface area (Å²) in [6.07, 6.45) is 4.01. The molecule has 3 rings (SSSR count). The topological polar surface area (TPSA) is 15.3 Å². The maximum atomic E-state index is 6.25. The highest BCUT2D eigenvalue weighted by Gasteiger charge is 2.38. The number of rotatable bonds is 3. The van der Waals surface area contributed by atoms with E-state index in [-0.39, 0.29) is 0 Å². The SMILES string of the molecule is Cc1ccc(Cl)c(NC2CC(C)N(C3CC3)C2)c1. The summed E-state index contributed by atoms with van der Waals surface area (Å²) in [6, 6.07) is 8.29. The second-order valence-electron chi connectivity index (χ2n) is 5.84. The first-order chi connectivity index (χ1) is 8.63. The van der Waals surface area contributed by atoms with Crippen LogP contribution < -0.4 is 5.32 Å². The number of likely N-dealkylation sites (tertiary alicyclic amines) is 1. The molecule has 2 aliphatic rings. The summed E-state index contributed by atoms with van der Waals surface area (Å²) in [5, 5.41) is 4.45. The van der Waals surface area contributed by atoms with E-state index < -0.39 is 0 Å². The molecule has 2 atom stereocenters. The van der Waals surface area contributed by atoms with Crippen LogP contribution in [0.4, 0.5) is 5.69 Å². The zero-order valence-electron chi connectivity index (χ0n) is 11.1. The van der Waals surface area contributed by atoms with Gasteiger partial charge in [-0.25, -0.2) is 0 Å². The van der Waals surface area contributed by atoms with Crippen molar-refractivity contribution in [3.05, 3.63) is 28.8 Å². The second kappa shape index (κ2) is 4.75. The van der Waals surface area contributed by atoms with Gasteiger partial charge in [-0.05, 0) is 50.8 Å². The Morgan fingerprint density at radius 1 is 1.33 bits per heavy atom. The van der Waals surface area contributed by atoms with E-state index in [0.29, 0.717) is 12.1 Å². The zero-order valence-corrected chi connectivity index (χ0v) is 11.9. The van der Waals surface area contributed by atoms with Gasteiger partial charge in [-0.2, -0.15) is 0 Å².